The molecule has 1 unspecified atom stereocenters. The Bertz CT molecular complexity index is 778. The van der Waals surface area contributed by atoms with Gasteiger partial charge in [0.2, 0.25) is 0 Å². The van der Waals surface area contributed by atoms with Crippen LogP contribution in [0.5, 0.6) is 0 Å². The molecule has 0 bridgehead atoms. The number of aromatic nitrogens is 2. The molecule has 0 aliphatic heterocycles. The number of hydrogen-bond donors (Lipinski definition) is 1. The molecule has 0 fully saturated rings. The lowest BCUT2D eigenvalue weighted by molar-refractivity contribution is 0.178. The molecule has 2 heterocycles. The summed E-state index contributed by atoms with van der Waals surface area (Å²) in [6.45, 7) is 2.03. The van der Waals surface area contributed by atoms with E-state index in [-0.39, 0.29) is 0 Å². The number of fused-ring (bicyclic) bond motifs is 1. The van der Waals surface area contributed by atoms with Crippen LogP contribution in [0.3, 0.4) is 0 Å². The quantitative estimate of drug-likeness (QED) is 0.785. The molecule has 0 radical (unpaired) electrons. The number of aliphatic hydroxyl groups excluding tert-OH is 1. The van der Waals surface area contributed by atoms with Gasteiger partial charge in [0, 0.05) is 18.2 Å². The lowest BCUT2D eigenvalue weighted by Gasteiger charge is -2.10. The van der Waals surface area contributed by atoms with Gasteiger partial charge in [0.05, 0.1) is 22.5 Å². The Labute approximate surface area is 132 Å². The summed E-state index contributed by atoms with van der Waals surface area (Å²) in [5, 5.41) is 18.8. The molecule has 5 heteroatoms. The van der Waals surface area contributed by atoms with Gasteiger partial charge in [0.25, 0.3) is 0 Å². The number of thiophene rings is 1. The van der Waals surface area contributed by atoms with Crippen LogP contribution in [0, 0.1) is 0 Å². The van der Waals surface area contributed by atoms with Gasteiger partial charge in [-0.3, -0.25) is 4.68 Å². The fourth-order valence-corrected chi connectivity index (χ4v) is 3.97. The van der Waals surface area contributed by atoms with Gasteiger partial charge >= 0.3 is 0 Å². The smallest absolute Gasteiger partial charge is 0.0859 e. The summed E-state index contributed by atoms with van der Waals surface area (Å²) in [6.07, 6.45) is 0.700. The van der Waals surface area contributed by atoms with Gasteiger partial charge in [-0.2, -0.15) is 5.10 Å². The zero-order chi connectivity index (χ0) is 15.0. The van der Waals surface area contributed by atoms with Crippen molar-refractivity contribution >= 4 is 33.0 Å². The summed E-state index contributed by atoms with van der Waals surface area (Å²) in [4.78, 5) is 0. The summed E-state index contributed by atoms with van der Waals surface area (Å²) in [5.74, 6) is 0. The third-order valence-corrected chi connectivity index (χ3v) is 5.18. The van der Waals surface area contributed by atoms with Crippen LogP contribution in [-0.4, -0.2) is 14.9 Å². The van der Waals surface area contributed by atoms with Crippen LogP contribution in [0.2, 0.25) is 5.02 Å². The van der Waals surface area contributed by atoms with Gasteiger partial charge in [-0.05, 0) is 28.8 Å². The average molecular weight is 321 g/mol. The monoisotopic (exact) mass is 320 g/mol. The molecule has 0 amide bonds. The maximum absolute atomic E-state index is 10.6. The first-order chi connectivity index (χ1) is 10.1. The molecule has 3 nitrogen and oxygen atoms in total. The van der Waals surface area contributed by atoms with E-state index in [1.165, 1.54) is 4.70 Å². The summed E-state index contributed by atoms with van der Waals surface area (Å²) in [5.41, 5.74) is 2.73. The molecule has 1 atom stereocenters. The van der Waals surface area contributed by atoms with Gasteiger partial charge < -0.3 is 5.11 Å². The van der Waals surface area contributed by atoms with Crippen molar-refractivity contribution in [3.8, 4) is 0 Å². The van der Waals surface area contributed by atoms with E-state index >= 15 is 0 Å². The van der Waals surface area contributed by atoms with Crippen molar-refractivity contribution < 1.29 is 5.11 Å². The van der Waals surface area contributed by atoms with Crippen molar-refractivity contribution in [1.82, 2.24) is 9.78 Å². The second-order valence-electron chi connectivity index (χ2n) is 5.09. The summed E-state index contributed by atoms with van der Waals surface area (Å²) in [7, 11) is 1.87. The van der Waals surface area contributed by atoms with Crippen LogP contribution in [0.15, 0.2) is 29.6 Å². The molecular formula is C16H17ClN2OS. The van der Waals surface area contributed by atoms with E-state index in [0.29, 0.717) is 11.4 Å². The van der Waals surface area contributed by atoms with E-state index in [0.717, 1.165) is 28.8 Å². The Morgan fingerprint density at radius 2 is 2.14 bits per heavy atom. The number of nitrogens with zero attached hydrogens (tertiary/aromatic N) is 2. The highest BCUT2D eigenvalue weighted by Gasteiger charge is 2.19. The Morgan fingerprint density at radius 3 is 2.86 bits per heavy atom. The molecule has 3 aromatic rings. The van der Waals surface area contributed by atoms with E-state index in [4.69, 9.17) is 11.6 Å². The van der Waals surface area contributed by atoms with Crippen molar-refractivity contribution in [1.29, 1.82) is 0 Å². The largest absolute Gasteiger partial charge is 0.388 e. The first-order valence-corrected chi connectivity index (χ1v) is 8.22. The average Bonchev–Trinajstić information content (AvgIpc) is 3.03. The fraction of sp³-hybridized carbons (Fsp3) is 0.312. The Morgan fingerprint density at radius 1 is 1.38 bits per heavy atom. The Balaban J connectivity index is 1.93. The van der Waals surface area contributed by atoms with Crippen molar-refractivity contribution in [2.45, 2.75) is 25.9 Å². The molecule has 110 valence electrons. The second kappa shape index (κ2) is 5.79. The highest BCUT2D eigenvalue weighted by molar-refractivity contribution is 7.17. The van der Waals surface area contributed by atoms with Crippen molar-refractivity contribution in [3.05, 3.63) is 51.6 Å². The lowest BCUT2D eigenvalue weighted by Crippen LogP contribution is -2.06. The molecule has 1 aromatic carbocycles. The predicted molar refractivity (Wildman–Crippen MR) is 88.1 cm³/mol. The molecule has 0 aliphatic carbocycles. The zero-order valence-electron chi connectivity index (χ0n) is 12.0. The predicted octanol–water partition coefficient (Wildman–Crippen LogP) is 4.13. The molecule has 21 heavy (non-hydrogen) atoms. The van der Waals surface area contributed by atoms with Crippen LogP contribution in [0.4, 0.5) is 0 Å². The standard InChI is InChI=1S/C16H17ClN2OS/c1-3-12-16(17)13(19(2)18-12)8-14(20)11-9-21-15-7-5-4-6-10(11)15/h4-7,9,14,20H,3,8H2,1-2H3. The van der Waals surface area contributed by atoms with Gasteiger partial charge in [0.15, 0.2) is 0 Å². The van der Waals surface area contributed by atoms with E-state index in [1.54, 1.807) is 16.0 Å². The summed E-state index contributed by atoms with van der Waals surface area (Å²) in [6, 6.07) is 8.13. The topological polar surface area (TPSA) is 38.0 Å². The van der Waals surface area contributed by atoms with E-state index < -0.39 is 6.10 Å². The van der Waals surface area contributed by atoms with Gasteiger partial charge in [-0.15, -0.1) is 11.3 Å². The summed E-state index contributed by atoms with van der Waals surface area (Å²) < 4.78 is 2.97. The van der Waals surface area contributed by atoms with E-state index in [2.05, 4.69) is 11.2 Å². The molecule has 0 saturated carbocycles. The first-order valence-electron chi connectivity index (χ1n) is 6.96. The van der Waals surface area contributed by atoms with Crippen molar-refractivity contribution in [3.63, 3.8) is 0 Å². The zero-order valence-corrected chi connectivity index (χ0v) is 13.6. The molecule has 2 aromatic heterocycles. The van der Waals surface area contributed by atoms with Crippen LogP contribution >= 0.6 is 22.9 Å². The second-order valence-corrected chi connectivity index (χ2v) is 6.38. The van der Waals surface area contributed by atoms with Gasteiger partial charge in [-0.1, -0.05) is 36.7 Å². The number of aliphatic hydroxyl groups is 1. The normalized spacial score (nSPS) is 13.0. The third kappa shape index (κ3) is 2.59. The Kier molecular flexibility index (Phi) is 4.02. The molecule has 0 spiro atoms. The number of benzene rings is 1. The number of hydrogen-bond acceptors (Lipinski definition) is 3. The minimum Gasteiger partial charge on any atom is -0.388 e. The van der Waals surface area contributed by atoms with Crippen LogP contribution in [-0.2, 0) is 19.9 Å². The molecule has 0 aliphatic rings. The van der Waals surface area contributed by atoms with Gasteiger partial charge in [-0.25, -0.2) is 0 Å². The van der Waals surface area contributed by atoms with Crippen molar-refractivity contribution in [2.75, 3.05) is 0 Å². The van der Waals surface area contributed by atoms with Crippen LogP contribution < -0.4 is 0 Å². The molecular weight excluding hydrogens is 304 g/mol. The minimum absolute atomic E-state index is 0.475. The highest BCUT2D eigenvalue weighted by atomic mass is 35.5. The van der Waals surface area contributed by atoms with Crippen LogP contribution in [0.25, 0.3) is 10.1 Å². The minimum atomic E-state index is -0.571. The van der Waals surface area contributed by atoms with Crippen LogP contribution in [0.1, 0.15) is 30.0 Å². The fourth-order valence-electron chi connectivity index (χ4n) is 2.59. The third-order valence-electron chi connectivity index (χ3n) is 3.76. The molecule has 3 rings (SSSR count). The highest BCUT2D eigenvalue weighted by Crippen LogP contribution is 2.33. The molecule has 0 saturated heterocycles. The maximum atomic E-state index is 10.6. The van der Waals surface area contributed by atoms with Crippen molar-refractivity contribution in [2.24, 2.45) is 7.05 Å². The van der Waals surface area contributed by atoms with E-state index in [1.807, 2.05) is 37.6 Å². The maximum Gasteiger partial charge on any atom is 0.0859 e. The number of rotatable bonds is 4. The lowest BCUT2D eigenvalue weighted by atomic mass is 10.0. The molecule has 1 N–H and O–H groups in total. The van der Waals surface area contributed by atoms with Gasteiger partial charge in [0.1, 0.15) is 0 Å². The number of halogens is 1. The van der Waals surface area contributed by atoms with E-state index in [9.17, 15) is 5.11 Å². The SMILES string of the molecule is CCc1nn(C)c(CC(O)c2csc3ccccc23)c1Cl. The summed E-state index contributed by atoms with van der Waals surface area (Å²) >= 11 is 8.02. The number of aryl methyl sites for hydroxylation is 2. The Hall–Kier alpha value is -1.36. The first kappa shape index (κ1) is 14.6.